The summed E-state index contributed by atoms with van der Waals surface area (Å²) in [6.07, 6.45) is 0. The van der Waals surface area contributed by atoms with Crippen LogP contribution in [0, 0.1) is 0 Å². The van der Waals surface area contributed by atoms with Crippen molar-refractivity contribution in [3.63, 3.8) is 0 Å². The number of benzene rings is 6. The van der Waals surface area contributed by atoms with Crippen molar-refractivity contribution in [2.75, 3.05) is 0 Å². The van der Waals surface area contributed by atoms with Gasteiger partial charge in [0.05, 0.1) is 16.4 Å². The van der Waals surface area contributed by atoms with E-state index in [9.17, 15) is 0 Å². The molecule has 0 spiro atoms. The van der Waals surface area contributed by atoms with E-state index in [2.05, 4.69) is 102 Å². The van der Waals surface area contributed by atoms with Gasteiger partial charge >= 0.3 is 0 Å². The fourth-order valence-electron chi connectivity index (χ4n) is 6.18. The van der Waals surface area contributed by atoms with E-state index in [1.807, 2.05) is 36.4 Å². The first-order valence-electron chi connectivity index (χ1n) is 13.7. The minimum absolute atomic E-state index is 0.588. The van der Waals surface area contributed by atoms with Gasteiger partial charge in [-0.15, -0.1) is 0 Å². The Kier molecular flexibility index (Phi) is 4.58. The van der Waals surface area contributed by atoms with E-state index in [0.717, 1.165) is 55.4 Å². The van der Waals surface area contributed by atoms with Crippen LogP contribution in [-0.4, -0.2) is 9.55 Å². The Hall–Kier alpha value is -5.61. The normalized spacial score (nSPS) is 11.9. The zero-order valence-corrected chi connectivity index (χ0v) is 21.9. The predicted octanol–water partition coefficient (Wildman–Crippen LogP) is 10.2. The second-order valence-corrected chi connectivity index (χ2v) is 10.4. The van der Waals surface area contributed by atoms with Crippen LogP contribution in [0.1, 0.15) is 0 Å². The molecule has 0 bridgehead atoms. The molecule has 3 aromatic heterocycles. The molecule has 0 aliphatic carbocycles. The van der Waals surface area contributed by atoms with Crippen LogP contribution in [0.15, 0.2) is 142 Å². The lowest BCUT2D eigenvalue weighted by molar-refractivity contribution is 0.622. The predicted molar refractivity (Wildman–Crippen MR) is 166 cm³/mol. The molecule has 0 amide bonds. The van der Waals surface area contributed by atoms with Crippen LogP contribution in [0.2, 0.25) is 0 Å². The molecular formula is C37H22N2O2. The molecule has 0 unspecified atom stereocenters. The lowest BCUT2D eigenvalue weighted by Crippen LogP contribution is -1.93. The van der Waals surface area contributed by atoms with Crippen LogP contribution in [0.5, 0.6) is 0 Å². The maximum atomic E-state index is 6.52. The van der Waals surface area contributed by atoms with Gasteiger partial charge in [-0.3, -0.25) is 0 Å². The van der Waals surface area contributed by atoms with E-state index in [1.165, 1.54) is 21.8 Å². The maximum absolute atomic E-state index is 6.52. The highest BCUT2D eigenvalue weighted by Gasteiger charge is 2.21. The van der Waals surface area contributed by atoms with Crippen molar-refractivity contribution in [1.29, 1.82) is 0 Å². The maximum Gasteiger partial charge on any atom is 0.227 e. The molecule has 9 aromatic rings. The van der Waals surface area contributed by atoms with E-state index in [0.29, 0.717) is 5.89 Å². The summed E-state index contributed by atoms with van der Waals surface area (Å²) in [5, 5.41) is 4.47. The fourth-order valence-corrected chi connectivity index (χ4v) is 6.18. The van der Waals surface area contributed by atoms with Gasteiger partial charge in [-0.25, -0.2) is 4.98 Å². The second kappa shape index (κ2) is 8.44. The van der Waals surface area contributed by atoms with Crippen LogP contribution in [-0.2, 0) is 0 Å². The number of rotatable bonds is 3. The number of aromatic nitrogens is 2. The molecule has 41 heavy (non-hydrogen) atoms. The minimum Gasteiger partial charge on any atom is -0.455 e. The topological polar surface area (TPSA) is 44.1 Å². The Bertz CT molecular complexity index is 2350. The highest BCUT2D eigenvalue weighted by molar-refractivity contribution is 6.20. The molecule has 4 nitrogen and oxygen atoms in total. The molecule has 0 N–H and O–H groups in total. The first kappa shape index (κ1) is 22.2. The van der Waals surface area contributed by atoms with Crippen molar-refractivity contribution in [1.82, 2.24) is 9.55 Å². The third-order valence-corrected chi connectivity index (χ3v) is 8.04. The molecule has 3 heterocycles. The summed E-state index contributed by atoms with van der Waals surface area (Å²) in [6, 6.07) is 46.0. The number of hydrogen-bond acceptors (Lipinski definition) is 3. The van der Waals surface area contributed by atoms with Crippen molar-refractivity contribution < 1.29 is 8.83 Å². The minimum atomic E-state index is 0.588. The van der Waals surface area contributed by atoms with Crippen LogP contribution < -0.4 is 0 Å². The van der Waals surface area contributed by atoms with Crippen molar-refractivity contribution in [3.8, 4) is 28.3 Å². The molecule has 0 saturated heterocycles. The quantitative estimate of drug-likeness (QED) is 0.230. The van der Waals surface area contributed by atoms with Gasteiger partial charge in [-0.1, -0.05) is 84.9 Å². The molecule has 6 aromatic carbocycles. The molecule has 0 fully saturated rings. The first-order chi connectivity index (χ1) is 20.3. The summed E-state index contributed by atoms with van der Waals surface area (Å²) >= 11 is 0. The molecule has 192 valence electrons. The van der Waals surface area contributed by atoms with E-state index in [1.54, 1.807) is 0 Å². The Morgan fingerprint density at radius 3 is 1.88 bits per heavy atom. The van der Waals surface area contributed by atoms with Crippen molar-refractivity contribution in [3.05, 3.63) is 133 Å². The summed E-state index contributed by atoms with van der Waals surface area (Å²) in [6.45, 7) is 0. The van der Waals surface area contributed by atoms with Crippen LogP contribution in [0.3, 0.4) is 0 Å². The zero-order chi connectivity index (χ0) is 26.9. The van der Waals surface area contributed by atoms with Gasteiger partial charge in [0.1, 0.15) is 16.7 Å². The van der Waals surface area contributed by atoms with Gasteiger partial charge in [0.25, 0.3) is 0 Å². The van der Waals surface area contributed by atoms with Gasteiger partial charge in [-0.05, 0) is 54.1 Å². The van der Waals surface area contributed by atoms with E-state index in [4.69, 9.17) is 13.8 Å². The number of fused-ring (bicyclic) bond motifs is 8. The molecule has 4 heteroatoms. The van der Waals surface area contributed by atoms with Gasteiger partial charge in [0.15, 0.2) is 5.58 Å². The average Bonchev–Trinajstić information content (AvgIpc) is 3.73. The number of nitrogens with zero attached hydrogens (tertiary/aromatic N) is 2. The zero-order valence-electron chi connectivity index (χ0n) is 21.9. The lowest BCUT2D eigenvalue weighted by Gasteiger charge is -2.08. The van der Waals surface area contributed by atoms with Crippen LogP contribution in [0.25, 0.3) is 83.1 Å². The molecular weight excluding hydrogens is 504 g/mol. The summed E-state index contributed by atoms with van der Waals surface area (Å²) in [5.74, 6) is 0.588. The van der Waals surface area contributed by atoms with Gasteiger partial charge in [-0.2, -0.15) is 0 Å². The van der Waals surface area contributed by atoms with Crippen molar-refractivity contribution in [2.24, 2.45) is 0 Å². The lowest BCUT2D eigenvalue weighted by atomic mass is 10.0. The summed E-state index contributed by atoms with van der Waals surface area (Å²) < 4.78 is 15.2. The Morgan fingerprint density at radius 1 is 0.512 bits per heavy atom. The highest BCUT2D eigenvalue weighted by atomic mass is 16.4. The summed E-state index contributed by atoms with van der Waals surface area (Å²) in [4.78, 5) is 4.98. The van der Waals surface area contributed by atoms with Crippen molar-refractivity contribution in [2.45, 2.75) is 0 Å². The smallest absolute Gasteiger partial charge is 0.227 e. The second-order valence-electron chi connectivity index (χ2n) is 10.4. The van der Waals surface area contributed by atoms with Gasteiger partial charge in [0.2, 0.25) is 5.89 Å². The standard InChI is InChI=1S/C37H22N2O2/c1-2-10-23(11-3-1)29-22-30-36(34-28-14-6-9-17-33(28)40-35(29)34)41-37(38-30)24-18-20-25(21-19-24)39-31-15-7-4-12-26(31)27-13-5-8-16-32(27)39/h1-22H. The molecule has 0 aliphatic heterocycles. The SMILES string of the molecule is c1ccc(-c2cc3nc(-c4ccc(-n5c6ccccc6c6ccccc65)cc4)oc3c3c2oc2ccccc23)cc1. The number of hydrogen-bond donors (Lipinski definition) is 0. The molecule has 0 aliphatic rings. The number of furan rings is 1. The summed E-state index contributed by atoms with van der Waals surface area (Å²) in [7, 11) is 0. The number of para-hydroxylation sites is 3. The Labute approximate surface area is 234 Å². The number of oxazole rings is 1. The van der Waals surface area contributed by atoms with Gasteiger partial charge in [0, 0.05) is 33.0 Å². The molecule has 9 rings (SSSR count). The Morgan fingerprint density at radius 2 is 1.15 bits per heavy atom. The fraction of sp³-hybridized carbons (Fsp3) is 0. The van der Waals surface area contributed by atoms with Crippen LogP contribution >= 0.6 is 0 Å². The van der Waals surface area contributed by atoms with E-state index < -0.39 is 0 Å². The molecule has 0 saturated carbocycles. The largest absolute Gasteiger partial charge is 0.455 e. The average molecular weight is 527 g/mol. The Balaban J connectivity index is 1.23. The third kappa shape index (κ3) is 3.25. The molecule has 0 atom stereocenters. The van der Waals surface area contributed by atoms with Crippen LogP contribution in [0.4, 0.5) is 0 Å². The van der Waals surface area contributed by atoms with E-state index >= 15 is 0 Å². The highest BCUT2D eigenvalue weighted by Crippen LogP contribution is 2.42. The third-order valence-electron chi connectivity index (χ3n) is 8.04. The first-order valence-corrected chi connectivity index (χ1v) is 13.7. The molecule has 0 radical (unpaired) electrons. The summed E-state index contributed by atoms with van der Waals surface area (Å²) in [5.41, 5.74) is 9.68. The van der Waals surface area contributed by atoms with Gasteiger partial charge < -0.3 is 13.4 Å². The van der Waals surface area contributed by atoms with Crippen molar-refractivity contribution >= 4 is 54.8 Å². The monoisotopic (exact) mass is 526 g/mol. The van der Waals surface area contributed by atoms with E-state index in [-0.39, 0.29) is 0 Å².